The lowest BCUT2D eigenvalue weighted by atomic mass is 10.0. The van der Waals surface area contributed by atoms with E-state index in [1.807, 2.05) is 0 Å². The lowest BCUT2D eigenvalue weighted by molar-refractivity contribution is -0.167. The zero-order valence-electron chi connectivity index (χ0n) is 47.6. The van der Waals surface area contributed by atoms with Gasteiger partial charge in [0.2, 0.25) is 0 Å². The highest BCUT2D eigenvalue weighted by atomic mass is 16.6. The number of esters is 3. The molecule has 0 aliphatic carbocycles. The van der Waals surface area contributed by atoms with Gasteiger partial charge in [-0.15, -0.1) is 0 Å². The van der Waals surface area contributed by atoms with Crippen LogP contribution in [0.3, 0.4) is 0 Å². The van der Waals surface area contributed by atoms with Gasteiger partial charge in [-0.05, 0) is 103 Å². The standard InChI is InChI=1S/C67H112O6/c1-4-7-10-13-16-19-22-25-28-31-33-36-39-42-45-48-51-54-57-60-66(69)72-63-64(62-71-65(68)59-56-53-50-47-44-41-38-35-30-27-24-21-18-15-12-9-6-3)73-67(70)61-58-55-52-49-46-43-40-37-34-32-29-26-23-20-17-14-11-8-5-2/h9,12,16,18-19,21,25,27-28,30,33,36,38,41-42,45,47,50,64H,4-8,10-11,13-15,17,20,22-24,26,29,31-32,34-35,37,39-40,43-44,46,48-49,51-63H2,1-3H3/b12-9+,19-16+,21-18+,28-25+,30-27+,36-33+,41-38+,45-42+,50-47+/t64-/m1/s1. The Kier molecular flexibility index (Phi) is 57.4. The molecule has 0 aromatic carbocycles. The second-order valence-electron chi connectivity index (χ2n) is 19.9. The first-order chi connectivity index (χ1) is 36.0. The monoisotopic (exact) mass is 1010 g/mol. The predicted molar refractivity (Wildman–Crippen MR) is 316 cm³/mol. The molecule has 0 aliphatic heterocycles. The molecule has 6 heteroatoms. The molecule has 416 valence electrons. The summed E-state index contributed by atoms with van der Waals surface area (Å²) in [6.45, 7) is 6.44. The summed E-state index contributed by atoms with van der Waals surface area (Å²) in [6, 6.07) is 0. The van der Waals surface area contributed by atoms with E-state index in [9.17, 15) is 14.4 Å². The quantitative estimate of drug-likeness (QED) is 0.0261. The normalized spacial score (nSPS) is 12.9. The van der Waals surface area contributed by atoms with Gasteiger partial charge < -0.3 is 14.2 Å². The van der Waals surface area contributed by atoms with Gasteiger partial charge in [0.1, 0.15) is 13.2 Å². The van der Waals surface area contributed by atoms with Gasteiger partial charge in [0, 0.05) is 19.3 Å². The second-order valence-corrected chi connectivity index (χ2v) is 19.9. The maximum atomic E-state index is 12.9. The fourth-order valence-corrected chi connectivity index (χ4v) is 8.23. The van der Waals surface area contributed by atoms with Crippen molar-refractivity contribution in [2.24, 2.45) is 0 Å². The average molecular weight is 1010 g/mol. The Labute approximate surface area is 450 Å². The number of unbranched alkanes of at least 4 members (excludes halogenated alkanes) is 25. The van der Waals surface area contributed by atoms with Gasteiger partial charge in [-0.1, -0.05) is 265 Å². The molecule has 0 aromatic rings. The van der Waals surface area contributed by atoms with E-state index in [1.54, 1.807) is 0 Å². The van der Waals surface area contributed by atoms with Crippen LogP contribution in [-0.4, -0.2) is 37.2 Å². The maximum absolute atomic E-state index is 12.9. The van der Waals surface area contributed by atoms with Crippen LogP contribution in [0.15, 0.2) is 109 Å². The summed E-state index contributed by atoms with van der Waals surface area (Å²) in [7, 11) is 0. The van der Waals surface area contributed by atoms with E-state index in [4.69, 9.17) is 14.2 Å². The van der Waals surface area contributed by atoms with Gasteiger partial charge in [0.15, 0.2) is 6.10 Å². The van der Waals surface area contributed by atoms with Crippen LogP contribution in [-0.2, 0) is 28.6 Å². The third-order valence-electron chi connectivity index (χ3n) is 12.8. The van der Waals surface area contributed by atoms with Crippen molar-refractivity contribution in [1.82, 2.24) is 0 Å². The highest BCUT2D eigenvalue weighted by molar-refractivity contribution is 5.71. The fraction of sp³-hybridized carbons (Fsp3) is 0.687. The zero-order chi connectivity index (χ0) is 52.9. The number of hydrogen-bond acceptors (Lipinski definition) is 6. The second kappa shape index (κ2) is 60.6. The third kappa shape index (κ3) is 58.8. The molecule has 0 rings (SSSR count). The van der Waals surface area contributed by atoms with Crippen molar-refractivity contribution in [2.45, 2.75) is 284 Å². The minimum Gasteiger partial charge on any atom is -0.462 e. The maximum Gasteiger partial charge on any atom is 0.306 e. The minimum absolute atomic E-state index is 0.112. The largest absolute Gasteiger partial charge is 0.462 e. The molecule has 0 saturated carbocycles. The molecular formula is C67H112O6. The van der Waals surface area contributed by atoms with E-state index >= 15 is 0 Å². The van der Waals surface area contributed by atoms with E-state index in [1.165, 1.54) is 128 Å². The summed E-state index contributed by atoms with van der Waals surface area (Å²) < 4.78 is 16.8. The predicted octanol–water partition coefficient (Wildman–Crippen LogP) is 20.7. The van der Waals surface area contributed by atoms with Crippen LogP contribution < -0.4 is 0 Å². The first-order valence-corrected chi connectivity index (χ1v) is 30.4. The van der Waals surface area contributed by atoms with Crippen LogP contribution in [0.2, 0.25) is 0 Å². The first kappa shape index (κ1) is 69.1. The van der Waals surface area contributed by atoms with Gasteiger partial charge in [0.05, 0.1) is 0 Å². The molecule has 73 heavy (non-hydrogen) atoms. The van der Waals surface area contributed by atoms with E-state index in [-0.39, 0.29) is 37.5 Å². The molecule has 0 N–H and O–H groups in total. The molecule has 0 radical (unpaired) electrons. The van der Waals surface area contributed by atoms with E-state index in [2.05, 4.69) is 130 Å². The SMILES string of the molecule is CC/C=C/C/C=C/C/C=C/C/C=C/C/C=C/CCCC(=O)OC[C@H](COC(=O)CCCCC/C=C/C/C=C/C/C=C/C/C=C/CCCCC)OC(=O)CCCCCCCCCCCCCCCCCCCCC. The Bertz CT molecular complexity index is 1490. The Morgan fingerprint density at radius 2 is 0.548 bits per heavy atom. The Balaban J connectivity index is 4.51. The molecule has 0 amide bonds. The van der Waals surface area contributed by atoms with Crippen molar-refractivity contribution < 1.29 is 28.6 Å². The topological polar surface area (TPSA) is 78.9 Å². The first-order valence-electron chi connectivity index (χ1n) is 30.4. The van der Waals surface area contributed by atoms with Crippen molar-refractivity contribution in [2.75, 3.05) is 13.2 Å². The third-order valence-corrected chi connectivity index (χ3v) is 12.8. The Hall–Kier alpha value is -3.93. The molecule has 0 aliphatic rings. The number of ether oxygens (including phenoxy) is 3. The number of carbonyl (C=O) groups excluding carboxylic acids is 3. The summed E-state index contributed by atoms with van der Waals surface area (Å²) in [6.07, 6.45) is 82.3. The van der Waals surface area contributed by atoms with E-state index < -0.39 is 6.10 Å². The van der Waals surface area contributed by atoms with Gasteiger partial charge in [-0.25, -0.2) is 0 Å². The van der Waals surface area contributed by atoms with Gasteiger partial charge in [-0.3, -0.25) is 14.4 Å². The molecule has 0 spiro atoms. The molecular weight excluding hydrogens is 901 g/mol. The molecule has 0 unspecified atom stereocenters. The van der Waals surface area contributed by atoms with Crippen LogP contribution in [0.4, 0.5) is 0 Å². The van der Waals surface area contributed by atoms with Crippen LogP contribution in [0.5, 0.6) is 0 Å². The van der Waals surface area contributed by atoms with Gasteiger partial charge >= 0.3 is 17.9 Å². The van der Waals surface area contributed by atoms with Crippen molar-refractivity contribution in [3.63, 3.8) is 0 Å². The smallest absolute Gasteiger partial charge is 0.306 e. The zero-order valence-corrected chi connectivity index (χ0v) is 47.6. The van der Waals surface area contributed by atoms with Crippen LogP contribution >= 0.6 is 0 Å². The number of hydrogen-bond donors (Lipinski definition) is 0. The molecule has 0 heterocycles. The molecule has 0 saturated heterocycles. The number of allylic oxidation sites excluding steroid dienone is 18. The van der Waals surface area contributed by atoms with Crippen molar-refractivity contribution in [3.05, 3.63) is 109 Å². The summed E-state index contributed by atoms with van der Waals surface area (Å²) in [5, 5.41) is 0. The minimum atomic E-state index is -0.816. The average Bonchev–Trinajstić information content (AvgIpc) is 3.39. The molecule has 0 aromatic heterocycles. The number of carbonyl (C=O) groups is 3. The molecule has 0 fully saturated rings. The van der Waals surface area contributed by atoms with Crippen LogP contribution in [0.25, 0.3) is 0 Å². The fourth-order valence-electron chi connectivity index (χ4n) is 8.23. The van der Waals surface area contributed by atoms with Crippen molar-refractivity contribution in [1.29, 1.82) is 0 Å². The summed E-state index contributed by atoms with van der Waals surface area (Å²) in [5.74, 6) is -0.993. The summed E-state index contributed by atoms with van der Waals surface area (Å²) in [4.78, 5) is 38.2. The van der Waals surface area contributed by atoms with E-state index in [0.717, 1.165) is 103 Å². The van der Waals surface area contributed by atoms with Crippen molar-refractivity contribution in [3.8, 4) is 0 Å². The van der Waals surface area contributed by atoms with Crippen molar-refractivity contribution >= 4 is 17.9 Å². The highest BCUT2D eigenvalue weighted by Gasteiger charge is 2.19. The summed E-state index contributed by atoms with van der Waals surface area (Å²) >= 11 is 0. The molecule has 0 bridgehead atoms. The van der Waals surface area contributed by atoms with Gasteiger partial charge in [0.25, 0.3) is 0 Å². The molecule has 6 nitrogen and oxygen atoms in total. The highest BCUT2D eigenvalue weighted by Crippen LogP contribution is 2.16. The van der Waals surface area contributed by atoms with Crippen LogP contribution in [0.1, 0.15) is 278 Å². The lowest BCUT2D eigenvalue weighted by Gasteiger charge is -2.18. The van der Waals surface area contributed by atoms with E-state index in [0.29, 0.717) is 19.3 Å². The van der Waals surface area contributed by atoms with Gasteiger partial charge in [-0.2, -0.15) is 0 Å². The number of rotatable bonds is 54. The molecule has 1 atom stereocenters. The Morgan fingerprint density at radius 3 is 0.918 bits per heavy atom. The lowest BCUT2D eigenvalue weighted by Crippen LogP contribution is -2.30. The van der Waals surface area contributed by atoms with Crippen LogP contribution in [0, 0.1) is 0 Å². The summed E-state index contributed by atoms with van der Waals surface area (Å²) in [5.41, 5.74) is 0. The Morgan fingerprint density at radius 1 is 0.288 bits per heavy atom.